The van der Waals surface area contributed by atoms with Gasteiger partial charge < -0.3 is 10.1 Å². The molecular weight excluding hydrogens is 204 g/mol. The molecule has 90 valence electrons. The molecule has 1 aliphatic rings. The van der Waals surface area contributed by atoms with E-state index in [-0.39, 0.29) is 12.5 Å². The van der Waals surface area contributed by atoms with Crippen molar-refractivity contribution in [3.8, 4) is 12.3 Å². The second-order valence-electron chi connectivity index (χ2n) is 3.93. The summed E-state index contributed by atoms with van der Waals surface area (Å²) in [5, 5.41) is 5.68. The molecule has 16 heavy (non-hydrogen) atoms. The maximum Gasteiger partial charge on any atom is 0.233 e. The number of hydrogen-bond donors (Lipinski definition) is 2. The average Bonchev–Trinajstić information content (AvgIpc) is 2.31. The monoisotopic (exact) mass is 224 g/mol. The van der Waals surface area contributed by atoms with Gasteiger partial charge in [0.2, 0.25) is 5.91 Å². The van der Waals surface area contributed by atoms with Crippen molar-refractivity contribution in [3.63, 3.8) is 0 Å². The minimum Gasteiger partial charge on any atom is -0.378 e. The Kier molecular flexibility index (Phi) is 6.62. The van der Waals surface area contributed by atoms with E-state index in [0.717, 1.165) is 19.4 Å². The van der Waals surface area contributed by atoms with E-state index in [9.17, 15) is 4.79 Å². The minimum atomic E-state index is -0.00828. The largest absolute Gasteiger partial charge is 0.378 e. The van der Waals surface area contributed by atoms with Crippen molar-refractivity contribution >= 4 is 5.91 Å². The van der Waals surface area contributed by atoms with Gasteiger partial charge in [-0.25, -0.2) is 0 Å². The normalized spacial score (nSPS) is 20.1. The van der Waals surface area contributed by atoms with E-state index in [1.807, 2.05) is 0 Å². The van der Waals surface area contributed by atoms with E-state index in [1.165, 1.54) is 12.8 Å². The molecule has 2 N–H and O–H groups in total. The lowest BCUT2D eigenvalue weighted by Crippen LogP contribution is -2.36. The summed E-state index contributed by atoms with van der Waals surface area (Å²) in [5.74, 6) is 2.41. The molecule has 1 amide bonds. The highest BCUT2D eigenvalue weighted by molar-refractivity contribution is 5.77. The number of ether oxygens (including phenoxy) is 1. The van der Waals surface area contributed by atoms with Crippen molar-refractivity contribution in [2.24, 2.45) is 0 Å². The number of nitrogens with one attached hydrogen (secondary N) is 2. The Labute approximate surface area is 97.1 Å². The van der Waals surface area contributed by atoms with Crippen LogP contribution in [-0.2, 0) is 9.53 Å². The number of rotatable bonds is 6. The highest BCUT2D eigenvalue weighted by Crippen LogP contribution is 2.14. The molecule has 1 fully saturated rings. The Morgan fingerprint density at radius 3 is 3.06 bits per heavy atom. The van der Waals surface area contributed by atoms with Gasteiger partial charge in [-0.05, 0) is 25.7 Å². The Balaban J connectivity index is 1.97. The molecule has 0 radical (unpaired) electrons. The number of carbonyl (C=O) groups is 1. The maximum absolute atomic E-state index is 11.3. The quantitative estimate of drug-likeness (QED) is 0.503. The topological polar surface area (TPSA) is 50.4 Å². The first-order valence-electron chi connectivity index (χ1n) is 5.85. The zero-order valence-corrected chi connectivity index (χ0v) is 9.63. The van der Waals surface area contributed by atoms with E-state index < -0.39 is 0 Å². The zero-order valence-electron chi connectivity index (χ0n) is 9.63. The van der Waals surface area contributed by atoms with Crippen molar-refractivity contribution in [2.45, 2.75) is 31.8 Å². The average molecular weight is 224 g/mol. The van der Waals surface area contributed by atoms with Crippen LogP contribution in [0.25, 0.3) is 0 Å². The molecule has 0 spiro atoms. The predicted molar refractivity (Wildman–Crippen MR) is 62.9 cm³/mol. The Bertz CT molecular complexity index is 242. The lowest BCUT2D eigenvalue weighted by molar-refractivity contribution is -0.120. The van der Waals surface area contributed by atoms with Crippen LogP contribution in [0.4, 0.5) is 0 Å². The molecule has 1 rings (SSSR count). The molecule has 0 saturated carbocycles. The van der Waals surface area contributed by atoms with Gasteiger partial charge in [-0.15, -0.1) is 6.42 Å². The standard InChI is InChI=1S/C12H20N2O2/c1-2-7-13-10-12(15)14-8-6-11-5-3-4-9-16-11/h1,11,13H,3-10H2,(H,14,15). The van der Waals surface area contributed by atoms with E-state index in [0.29, 0.717) is 19.2 Å². The van der Waals surface area contributed by atoms with Crippen LogP contribution < -0.4 is 10.6 Å². The summed E-state index contributed by atoms with van der Waals surface area (Å²) in [5.41, 5.74) is 0. The van der Waals surface area contributed by atoms with Crippen LogP contribution in [0.5, 0.6) is 0 Å². The molecule has 4 heteroatoms. The molecule has 4 nitrogen and oxygen atoms in total. The lowest BCUT2D eigenvalue weighted by atomic mass is 10.1. The summed E-state index contributed by atoms with van der Waals surface area (Å²) in [4.78, 5) is 11.3. The van der Waals surface area contributed by atoms with Crippen molar-refractivity contribution in [1.82, 2.24) is 10.6 Å². The molecule has 1 unspecified atom stereocenters. The molecule has 1 aliphatic heterocycles. The molecule has 1 atom stereocenters. The van der Waals surface area contributed by atoms with E-state index in [2.05, 4.69) is 16.6 Å². The van der Waals surface area contributed by atoms with Crippen LogP contribution in [0.3, 0.4) is 0 Å². The van der Waals surface area contributed by atoms with Gasteiger partial charge in [-0.1, -0.05) is 5.92 Å². The molecular formula is C12H20N2O2. The summed E-state index contributed by atoms with van der Waals surface area (Å²) in [6, 6.07) is 0. The van der Waals surface area contributed by atoms with E-state index in [1.54, 1.807) is 0 Å². The highest BCUT2D eigenvalue weighted by Gasteiger charge is 2.13. The predicted octanol–water partition coefficient (Wildman–Crippen LogP) is 0.285. The van der Waals surface area contributed by atoms with Gasteiger partial charge in [0.1, 0.15) is 0 Å². The third kappa shape index (κ3) is 5.74. The molecule has 0 aromatic carbocycles. The van der Waals surface area contributed by atoms with Crippen molar-refractivity contribution < 1.29 is 9.53 Å². The fraction of sp³-hybridized carbons (Fsp3) is 0.750. The van der Waals surface area contributed by atoms with Crippen LogP contribution in [0.2, 0.25) is 0 Å². The summed E-state index contributed by atoms with van der Waals surface area (Å²) in [6.07, 6.45) is 9.80. The van der Waals surface area contributed by atoms with Gasteiger partial charge in [0.25, 0.3) is 0 Å². The molecule has 0 bridgehead atoms. The zero-order chi connectivity index (χ0) is 11.6. The first kappa shape index (κ1) is 13.0. The summed E-state index contributed by atoms with van der Waals surface area (Å²) >= 11 is 0. The van der Waals surface area contributed by atoms with Crippen LogP contribution in [0.15, 0.2) is 0 Å². The van der Waals surface area contributed by atoms with Gasteiger partial charge in [0, 0.05) is 13.2 Å². The Morgan fingerprint density at radius 1 is 1.50 bits per heavy atom. The smallest absolute Gasteiger partial charge is 0.233 e. The second kappa shape index (κ2) is 8.14. The van der Waals surface area contributed by atoms with Crippen LogP contribution in [-0.4, -0.2) is 38.3 Å². The number of hydrogen-bond acceptors (Lipinski definition) is 3. The van der Waals surface area contributed by atoms with Gasteiger partial charge in [-0.2, -0.15) is 0 Å². The van der Waals surface area contributed by atoms with Gasteiger partial charge in [0.15, 0.2) is 0 Å². The van der Waals surface area contributed by atoms with Gasteiger partial charge in [0.05, 0.1) is 19.2 Å². The number of amides is 1. The summed E-state index contributed by atoms with van der Waals surface area (Å²) in [6.45, 7) is 2.26. The number of carbonyl (C=O) groups excluding carboxylic acids is 1. The van der Waals surface area contributed by atoms with E-state index >= 15 is 0 Å². The van der Waals surface area contributed by atoms with Gasteiger partial charge >= 0.3 is 0 Å². The maximum atomic E-state index is 11.3. The first-order valence-corrected chi connectivity index (χ1v) is 5.85. The SMILES string of the molecule is C#CCNCC(=O)NCCC1CCCCO1. The minimum absolute atomic E-state index is 0.00828. The number of terminal acetylenes is 1. The van der Waals surface area contributed by atoms with Crippen LogP contribution >= 0.6 is 0 Å². The van der Waals surface area contributed by atoms with Crippen molar-refractivity contribution in [3.05, 3.63) is 0 Å². The fourth-order valence-electron chi connectivity index (χ4n) is 1.72. The third-order valence-corrected chi connectivity index (χ3v) is 2.58. The summed E-state index contributed by atoms with van der Waals surface area (Å²) in [7, 11) is 0. The Hall–Kier alpha value is -1.05. The van der Waals surface area contributed by atoms with Gasteiger partial charge in [-0.3, -0.25) is 10.1 Å². The summed E-state index contributed by atoms with van der Waals surface area (Å²) < 4.78 is 5.56. The van der Waals surface area contributed by atoms with Crippen molar-refractivity contribution in [1.29, 1.82) is 0 Å². The lowest BCUT2D eigenvalue weighted by Gasteiger charge is -2.22. The van der Waals surface area contributed by atoms with Crippen molar-refractivity contribution in [2.75, 3.05) is 26.2 Å². The third-order valence-electron chi connectivity index (χ3n) is 2.58. The van der Waals surface area contributed by atoms with Crippen LogP contribution in [0.1, 0.15) is 25.7 Å². The molecule has 0 aromatic rings. The first-order chi connectivity index (χ1) is 7.83. The molecule has 0 aliphatic carbocycles. The van der Waals surface area contributed by atoms with E-state index in [4.69, 9.17) is 11.2 Å². The molecule has 1 saturated heterocycles. The second-order valence-corrected chi connectivity index (χ2v) is 3.93. The molecule has 0 aromatic heterocycles. The highest BCUT2D eigenvalue weighted by atomic mass is 16.5. The Morgan fingerprint density at radius 2 is 2.38 bits per heavy atom. The van der Waals surface area contributed by atoms with Crippen LogP contribution in [0, 0.1) is 12.3 Å². The fourth-order valence-corrected chi connectivity index (χ4v) is 1.72. The molecule has 1 heterocycles.